The fourth-order valence-corrected chi connectivity index (χ4v) is 3.21. The SMILES string of the molecule is CC(NC(=O)CN1CCCCC1CN)c1ccccc1Cl.Cl. The number of halogens is 2. The summed E-state index contributed by atoms with van der Waals surface area (Å²) in [6.45, 7) is 3.94. The molecule has 1 aromatic carbocycles. The number of likely N-dealkylation sites (tertiary alicyclic amines) is 1. The molecule has 4 nitrogen and oxygen atoms in total. The van der Waals surface area contributed by atoms with Gasteiger partial charge in [0.15, 0.2) is 0 Å². The van der Waals surface area contributed by atoms with Crippen LogP contribution < -0.4 is 11.1 Å². The van der Waals surface area contributed by atoms with Crippen LogP contribution in [0, 0.1) is 0 Å². The van der Waals surface area contributed by atoms with Crippen LogP contribution in [-0.2, 0) is 4.79 Å². The van der Waals surface area contributed by atoms with Crippen molar-refractivity contribution in [1.82, 2.24) is 10.2 Å². The highest BCUT2D eigenvalue weighted by Gasteiger charge is 2.23. The molecule has 6 heteroatoms. The molecule has 2 atom stereocenters. The number of hydrogen-bond acceptors (Lipinski definition) is 3. The monoisotopic (exact) mass is 345 g/mol. The fourth-order valence-electron chi connectivity index (χ4n) is 2.91. The van der Waals surface area contributed by atoms with Gasteiger partial charge in [-0.2, -0.15) is 0 Å². The molecule has 1 saturated heterocycles. The second kappa shape index (κ2) is 9.36. The largest absolute Gasteiger partial charge is 0.348 e. The van der Waals surface area contributed by atoms with Crippen molar-refractivity contribution < 1.29 is 4.79 Å². The Morgan fingerprint density at radius 3 is 2.86 bits per heavy atom. The summed E-state index contributed by atoms with van der Waals surface area (Å²) in [7, 11) is 0. The van der Waals surface area contributed by atoms with E-state index in [0.717, 1.165) is 24.9 Å². The molecule has 0 bridgehead atoms. The Morgan fingerprint density at radius 2 is 2.18 bits per heavy atom. The Balaban J connectivity index is 0.00000242. The van der Waals surface area contributed by atoms with Gasteiger partial charge in [-0.15, -0.1) is 12.4 Å². The molecule has 0 saturated carbocycles. The summed E-state index contributed by atoms with van der Waals surface area (Å²) in [5, 5.41) is 3.71. The van der Waals surface area contributed by atoms with Crippen LogP contribution in [0.25, 0.3) is 0 Å². The first-order valence-electron chi connectivity index (χ1n) is 7.59. The van der Waals surface area contributed by atoms with E-state index < -0.39 is 0 Å². The van der Waals surface area contributed by atoms with Crippen LogP contribution in [-0.4, -0.2) is 36.5 Å². The van der Waals surface area contributed by atoms with Gasteiger partial charge in [0, 0.05) is 17.6 Å². The summed E-state index contributed by atoms with van der Waals surface area (Å²) < 4.78 is 0. The highest BCUT2D eigenvalue weighted by Crippen LogP contribution is 2.22. The summed E-state index contributed by atoms with van der Waals surface area (Å²) >= 11 is 6.16. The predicted octanol–water partition coefficient (Wildman–Crippen LogP) is 2.75. The van der Waals surface area contributed by atoms with E-state index in [2.05, 4.69) is 10.2 Å². The zero-order chi connectivity index (χ0) is 15.2. The first kappa shape index (κ1) is 19.2. The van der Waals surface area contributed by atoms with E-state index in [-0.39, 0.29) is 24.4 Å². The van der Waals surface area contributed by atoms with E-state index in [9.17, 15) is 4.79 Å². The van der Waals surface area contributed by atoms with E-state index in [0.29, 0.717) is 24.2 Å². The third-order valence-corrected chi connectivity index (χ3v) is 4.46. The number of piperidine rings is 1. The zero-order valence-corrected chi connectivity index (χ0v) is 14.5. The minimum Gasteiger partial charge on any atom is -0.348 e. The molecular formula is C16H25Cl2N3O. The Morgan fingerprint density at radius 1 is 1.45 bits per heavy atom. The Labute approximate surface area is 143 Å². The van der Waals surface area contributed by atoms with Crippen LogP contribution in [0.5, 0.6) is 0 Å². The smallest absolute Gasteiger partial charge is 0.234 e. The fraction of sp³-hybridized carbons (Fsp3) is 0.562. The first-order chi connectivity index (χ1) is 10.1. The third kappa shape index (κ3) is 5.13. The van der Waals surface area contributed by atoms with Gasteiger partial charge in [-0.05, 0) is 37.9 Å². The quantitative estimate of drug-likeness (QED) is 0.862. The minimum atomic E-state index is -0.0904. The Hall–Kier alpha value is -0.810. The number of rotatable bonds is 5. The van der Waals surface area contributed by atoms with E-state index in [1.54, 1.807) is 0 Å². The molecule has 1 heterocycles. The summed E-state index contributed by atoms with van der Waals surface area (Å²) in [6, 6.07) is 7.84. The molecule has 0 radical (unpaired) electrons. The molecule has 1 fully saturated rings. The van der Waals surface area contributed by atoms with Crippen molar-refractivity contribution >= 4 is 29.9 Å². The Bertz CT molecular complexity index is 484. The van der Waals surface area contributed by atoms with Crippen LogP contribution in [0.2, 0.25) is 5.02 Å². The summed E-state index contributed by atoms with van der Waals surface area (Å²) in [6.07, 6.45) is 3.43. The molecule has 0 aliphatic carbocycles. The molecule has 1 aromatic rings. The molecule has 0 aromatic heterocycles. The van der Waals surface area contributed by atoms with Crippen molar-refractivity contribution in [3.8, 4) is 0 Å². The van der Waals surface area contributed by atoms with E-state index in [4.69, 9.17) is 17.3 Å². The number of amides is 1. The number of nitrogens with zero attached hydrogens (tertiary/aromatic N) is 1. The van der Waals surface area contributed by atoms with Crippen molar-refractivity contribution in [1.29, 1.82) is 0 Å². The van der Waals surface area contributed by atoms with Crippen molar-refractivity contribution in [2.45, 2.75) is 38.3 Å². The molecule has 0 spiro atoms. The molecule has 1 amide bonds. The average Bonchev–Trinajstić information content (AvgIpc) is 2.48. The normalized spacial score (nSPS) is 20.0. The van der Waals surface area contributed by atoms with Gasteiger partial charge in [-0.1, -0.05) is 36.2 Å². The standard InChI is InChI=1S/C16H24ClN3O.ClH/c1-12(14-7-2-3-8-15(14)17)19-16(21)11-20-9-5-4-6-13(20)10-18;/h2-3,7-8,12-13H,4-6,9-11,18H2,1H3,(H,19,21);1H. The number of hydrogen-bond donors (Lipinski definition) is 2. The van der Waals surface area contributed by atoms with Crippen LogP contribution in [0.4, 0.5) is 0 Å². The van der Waals surface area contributed by atoms with Crippen molar-refractivity contribution in [2.75, 3.05) is 19.6 Å². The molecule has 3 N–H and O–H groups in total. The number of carbonyl (C=O) groups excluding carboxylic acids is 1. The maximum absolute atomic E-state index is 12.2. The summed E-state index contributed by atoms with van der Waals surface area (Å²) in [5.41, 5.74) is 6.74. The molecule has 2 unspecified atom stereocenters. The molecular weight excluding hydrogens is 321 g/mol. The van der Waals surface area contributed by atoms with Gasteiger partial charge in [0.25, 0.3) is 0 Å². The predicted molar refractivity (Wildman–Crippen MR) is 93.5 cm³/mol. The number of nitrogens with one attached hydrogen (secondary N) is 1. The van der Waals surface area contributed by atoms with Crippen molar-refractivity contribution in [3.63, 3.8) is 0 Å². The lowest BCUT2D eigenvalue weighted by molar-refractivity contribution is -0.123. The van der Waals surface area contributed by atoms with Crippen LogP contribution in [0.1, 0.15) is 37.8 Å². The number of benzene rings is 1. The van der Waals surface area contributed by atoms with Crippen LogP contribution in [0.3, 0.4) is 0 Å². The van der Waals surface area contributed by atoms with Gasteiger partial charge in [-0.3, -0.25) is 9.69 Å². The molecule has 22 heavy (non-hydrogen) atoms. The molecule has 1 aliphatic rings. The number of nitrogens with two attached hydrogens (primary N) is 1. The number of carbonyl (C=O) groups is 1. The van der Waals surface area contributed by atoms with Crippen molar-refractivity contribution in [3.05, 3.63) is 34.9 Å². The zero-order valence-electron chi connectivity index (χ0n) is 12.9. The lowest BCUT2D eigenvalue weighted by Gasteiger charge is -2.34. The van der Waals surface area contributed by atoms with Gasteiger partial charge >= 0.3 is 0 Å². The van der Waals surface area contributed by atoms with Gasteiger partial charge in [0.05, 0.1) is 12.6 Å². The van der Waals surface area contributed by atoms with Gasteiger partial charge in [0.1, 0.15) is 0 Å². The molecule has 124 valence electrons. The molecule has 1 aliphatic heterocycles. The lowest BCUT2D eigenvalue weighted by Crippen LogP contribution is -2.48. The van der Waals surface area contributed by atoms with E-state index in [1.165, 1.54) is 6.42 Å². The van der Waals surface area contributed by atoms with Gasteiger partial charge in [0.2, 0.25) is 5.91 Å². The third-order valence-electron chi connectivity index (χ3n) is 4.12. The van der Waals surface area contributed by atoms with E-state index in [1.807, 2.05) is 31.2 Å². The summed E-state index contributed by atoms with van der Waals surface area (Å²) in [5.74, 6) is 0.0303. The highest BCUT2D eigenvalue weighted by molar-refractivity contribution is 6.31. The topological polar surface area (TPSA) is 58.4 Å². The average molecular weight is 346 g/mol. The van der Waals surface area contributed by atoms with Crippen molar-refractivity contribution in [2.24, 2.45) is 5.73 Å². The first-order valence-corrected chi connectivity index (χ1v) is 7.97. The Kier molecular flexibility index (Phi) is 8.18. The summed E-state index contributed by atoms with van der Waals surface area (Å²) in [4.78, 5) is 14.4. The maximum atomic E-state index is 12.2. The second-order valence-corrected chi connectivity index (χ2v) is 6.07. The minimum absolute atomic E-state index is 0. The second-order valence-electron chi connectivity index (χ2n) is 5.67. The highest BCUT2D eigenvalue weighted by atomic mass is 35.5. The maximum Gasteiger partial charge on any atom is 0.234 e. The van der Waals surface area contributed by atoms with E-state index >= 15 is 0 Å². The lowest BCUT2D eigenvalue weighted by atomic mass is 10.0. The molecule has 2 rings (SSSR count). The van der Waals surface area contributed by atoms with Gasteiger partial charge in [-0.25, -0.2) is 0 Å². The van der Waals surface area contributed by atoms with Crippen LogP contribution in [0.15, 0.2) is 24.3 Å². The van der Waals surface area contributed by atoms with Crippen LogP contribution >= 0.6 is 24.0 Å². The van der Waals surface area contributed by atoms with Gasteiger partial charge < -0.3 is 11.1 Å².